The number of benzene rings is 1. The molecule has 0 atom stereocenters. The van der Waals surface area contributed by atoms with Gasteiger partial charge in [0.05, 0.1) is 37.4 Å². The lowest BCUT2D eigenvalue weighted by atomic mass is 10.1. The van der Waals surface area contributed by atoms with Gasteiger partial charge in [-0.2, -0.15) is 0 Å². The molecule has 0 bridgehead atoms. The molecular weight excluding hydrogens is 384 g/mol. The molecule has 0 spiro atoms. The summed E-state index contributed by atoms with van der Waals surface area (Å²) >= 11 is 1.43. The zero-order valence-corrected chi connectivity index (χ0v) is 15.9. The summed E-state index contributed by atoms with van der Waals surface area (Å²) in [5.41, 5.74) is 1.08. The number of hydrogen-bond acceptors (Lipinski definition) is 8. The van der Waals surface area contributed by atoms with E-state index in [0.717, 1.165) is 16.6 Å². The van der Waals surface area contributed by atoms with Crippen LogP contribution in [0.3, 0.4) is 0 Å². The highest BCUT2D eigenvalue weighted by molar-refractivity contribution is 7.13. The Hall–Kier alpha value is -3.53. The molecule has 144 valence electrons. The van der Waals surface area contributed by atoms with E-state index in [1.54, 1.807) is 12.4 Å². The van der Waals surface area contributed by atoms with Gasteiger partial charge in [0.25, 0.3) is 11.6 Å². The summed E-state index contributed by atoms with van der Waals surface area (Å²) in [4.78, 5) is 31.7. The van der Waals surface area contributed by atoms with Crippen LogP contribution in [-0.4, -0.2) is 35.0 Å². The quantitative estimate of drug-likeness (QED) is 0.478. The summed E-state index contributed by atoms with van der Waals surface area (Å²) in [7, 11) is 2.76. The molecule has 0 fully saturated rings. The summed E-state index contributed by atoms with van der Waals surface area (Å²) in [6.07, 6.45) is 3.35. The van der Waals surface area contributed by atoms with Crippen molar-refractivity contribution >= 4 is 22.9 Å². The van der Waals surface area contributed by atoms with Gasteiger partial charge in [0.1, 0.15) is 10.6 Å². The maximum Gasteiger partial charge on any atom is 0.286 e. The number of amides is 1. The van der Waals surface area contributed by atoms with E-state index in [0.29, 0.717) is 5.69 Å². The molecule has 1 N–H and O–H groups in total. The van der Waals surface area contributed by atoms with Crippen molar-refractivity contribution in [1.29, 1.82) is 0 Å². The lowest BCUT2D eigenvalue weighted by Crippen LogP contribution is -2.24. The number of nitro groups is 1. The first-order chi connectivity index (χ1) is 13.5. The van der Waals surface area contributed by atoms with Gasteiger partial charge < -0.3 is 14.8 Å². The number of nitro benzene ring substituents is 1. The minimum atomic E-state index is -0.638. The van der Waals surface area contributed by atoms with Gasteiger partial charge in [-0.25, -0.2) is 4.98 Å². The fourth-order valence-corrected chi connectivity index (χ4v) is 3.31. The lowest BCUT2D eigenvalue weighted by molar-refractivity contribution is -0.385. The number of nitrogens with one attached hydrogen (secondary N) is 1. The number of hydrogen-bond donors (Lipinski definition) is 1. The van der Waals surface area contributed by atoms with Crippen LogP contribution < -0.4 is 14.8 Å². The molecule has 0 unspecified atom stereocenters. The maximum absolute atomic E-state index is 12.5. The summed E-state index contributed by atoms with van der Waals surface area (Å²) < 4.78 is 10.2. The first-order valence-electron chi connectivity index (χ1n) is 8.07. The molecule has 0 aliphatic heterocycles. The van der Waals surface area contributed by atoms with Gasteiger partial charge in [-0.15, -0.1) is 11.3 Å². The molecule has 3 aromatic rings. The molecule has 9 nitrogen and oxygen atoms in total. The SMILES string of the molecule is COc1cc(C(=O)NCc2csc(-c3ccncc3)n2)c([N+](=O)[O-])cc1OC. The number of rotatable bonds is 7. The number of thiazole rings is 1. The first kappa shape index (κ1) is 19.2. The largest absolute Gasteiger partial charge is 0.493 e. The zero-order chi connectivity index (χ0) is 20.1. The number of ether oxygens (including phenoxy) is 2. The van der Waals surface area contributed by atoms with Gasteiger partial charge in [0.15, 0.2) is 11.5 Å². The van der Waals surface area contributed by atoms with Crippen LogP contribution in [0, 0.1) is 10.1 Å². The number of carbonyl (C=O) groups is 1. The third kappa shape index (κ3) is 4.07. The molecule has 0 radical (unpaired) electrons. The second kappa shape index (κ2) is 8.44. The van der Waals surface area contributed by atoms with E-state index in [2.05, 4.69) is 15.3 Å². The predicted octanol–water partition coefficient (Wildman–Crippen LogP) is 3.06. The van der Waals surface area contributed by atoms with E-state index in [9.17, 15) is 14.9 Å². The molecule has 0 aliphatic rings. The average molecular weight is 400 g/mol. The van der Waals surface area contributed by atoms with Crippen molar-refractivity contribution in [3.8, 4) is 22.1 Å². The van der Waals surface area contributed by atoms with Gasteiger partial charge in [-0.3, -0.25) is 19.9 Å². The second-order valence-corrected chi connectivity index (χ2v) is 6.40. The molecule has 3 rings (SSSR count). The van der Waals surface area contributed by atoms with E-state index in [4.69, 9.17) is 9.47 Å². The van der Waals surface area contributed by atoms with Crippen molar-refractivity contribution in [3.05, 3.63) is 63.4 Å². The fraction of sp³-hybridized carbons (Fsp3) is 0.167. The predicted molar refractivity (Wildman–Crippen MR) is 103 cm³/mol. The van der Waals surface area contributed by atoms with Crippen LogP contribution in [0.25, 0.3) is 10.6 Å². The van der Waals surface area contributed by atoms with Crippen molar-refractivity contribution in [1.82, 2.24) is 15.3 Å². The Bertz CT molecular complexity index is 1010. The Morgan fingerprint density at radius 1 is 1.21 bits per heavy atom. The molecule has 28 heavy (non-hydrogen) atoms. The van der Waals surface area contributed by atoms with E-state index in [1.165, 1.54) is 31.6 Å². The van der Waals surface area contributed by atoms with Crippen LogP contribution in [0.4, 0.5) is 5.69 Å². The number of pyridine rings is 1. The number of aromatic nitrogens is 2. The Kier molecular flexibility index (Phi) is 5.80. The van der Waals surface area contributed by atoms with Crippen LogP contribution in [0.15, 0.2) is 42.0 Å². The van der Waals surface area contributed by atoms with Gasteiger partial charge in [0, 0.05) is 29.4 Å². The standard InChI is InChI=1S/C18H16N4O5S/c1-26-15-7-13(14(22(24)25)8-16(15)27-2)17(23)20-9-12-10-28-18(21-12)11-3-5-19-6-4-11/h3-8,10H,9H2,1-2H3,(H,20,23). The van der Waals surface area contributed by atoms with Gasteiger partial charge in [-0.1, -0.05) is 0 Å². The Morgan fingerprint density at radius 3 is 2.54 bits per heavy atom. The lowest BCUT2D eigenvalue weighted by Gasteiger charge is -2.10. The molecule has 2 heterocycles. The molecule has 1 amide bonds. The average Bonchev–Trinajstić information content (AvgIpc) is 3.20. The highest BCUT2D eigenvalue weighted by Crippen LogP contribution is 2.34. The highest BCUT2D eigenvalue weighted by Gasteiger charge is 2.24. The molecular formula is C18H16N4O5S. The van der Waals surface area contributed by atoms with E-state index in [-0.39, 0.29) is 29.3 Å². The van der Waals surface area contributed by atoms with Crippen LogP contribution in [0.5, 0.6) is 11.5 Å². The number of carbonyl (C=O) groups excluding carboxylic acids is 1. The summed E-state index contributed by atoms with van der Waals surface area (Å²) in [5, 5.41) is 16.6. The third-order valence-electron chi connectivity index (χ3n) is 3.85. The number of nitrogens with zero attached hydrogens (tertiary/aromatic N) is 3. The summed E-state index contributed by atoms with van der Waals surface area (Å²) in [6, 6.07) is 6.14. The minimum Gasteiger partial charge on any atom is -0.493 e. The van der Waals surface area contributed by atoms with Crippen LogP contribution in [0.1, 0.15) is 16.1 Å². The van der Waals surface area contributed by atoms with E-state index in [1.807, 2.05) is 17.5 Å². The van der Waals surface area contributed by atoms with Crippen molar-refractivity contribution in [2.24, 2.45) is 0 Å². The van der Waals surface area contributed by atoms with Crippen molar-refractivity contribution in [2.45, 2.75) is 6.54 Å². The topological polar surface area (TPSA) is 116 Å². The fourth-order valence-electron chi connectivity index (χ4n) is 2.48. The molecule has 0 saturated heterocycles. The van der Waals surface area contributed by atoms with Gasteiger partial charge >= 0.3 is 0 Å². The van der Waals surface area contributed by atoms with Crippen LogP contribution in [0.2, 0.25) is 0 Å². The van der Waals surface area contributed by atoms with Gasteiger partial charge in [-0.05, 0) is 12.1 Å². The minimum absolute atomic E-state index is 0.118. The van der Waals surface area contributed by atoms with Crippen molar-refractivity contribution in [3.63, 3.8) is 0 Å². The molecule has 1 aromatic carbocycles. The Labute approximate surface area is 164 Å². The number of methoxy groups -OCH3 is 2. The Morgan fingerprint density at radius 2 is 1.89 bits per heavy atom. The second-order valence-electron chi connectivity index (χ2n) is 5.54. The normalized spacial score (nSPS) is 10.4. The molecule has 0 saturated carbocycles. The molecule has 10 heteroatoms. The van der Waals surface area contributed by atoms with E-state index < -0.39 is 10.8 Å². The third-order valence-corrected chi connectivity index (χ3v) is 4.79. The summed E-state index contributed by atoms with van der Waals surface area (Å²) in [6.45, 7) is 0.131. The van der Waals surface area contributed by atoms with Crippen LogP contribution >= 0.6 is 11.3 Å². The van der Waals surface area contributed by atoms with Crippen molar-refractivity contribution < 1.29 is 19.2 Å². The van der Waals surface area contributed by atoms with E-state index >= 15 is 0 Å². The highest BCUT2D eigenvalue weighted by atomic mass is 32.1. The zero-order valence-electron chi connectivity index (χ0n) is 15.0. The van der Waals surface area contributed by atoms with Gasteiger partial charge in [0.2, 0.25) is 0 Å². The first-order valence-corrected chi connectivity index (χ1v) is 8.95. The Balaban J connectivity index is 1.78. The smallest absolute Gasteiger partial charge is 0.286 e. The van der Waals surface area contributed by atoms with Crippen LogP contribution in [-0.2, 0) is 6.54 Å². The summed E-state index contributed by atoms with van der Waals surface area (Å²) in [5.74, 6) is -0.203. The maximum atomic E-state index is 12.5. The molecule has 2 aromatic heterocycles. The van der Waals surface area contributed by atoms with Crippen molar-refractivity contribution in [2.75, 3.05) is 14.2 Å². The molecule has 0 aliphatic carbocycles. The monoisotopic (exact) mass is 400 g/mol.